The second-order valence-electron chi connectivity index (χ2n) is 11.3. The van der Waals surface area contributed by atoms with E-state index < -0.39 is 0 Å². The van der Waals surface area contributed by atoms with Gasteiger partial charge in [0.05, 0.1) is 0 Å². The largest absolute Gasteiger partial charge is 0.457 e. The summed E-state index contributed by atoms with van der Waals surface area (Å²) in [5, 5.41) is 0. The second-order valence-corrected chi connectivity index (χ2v) is 11.3. The summed E-state index contributed by atoms with van der Waals surface area (Å²) in [6.07, 6.45) is 1.20. The van der Waals surface area contributed by atoms with Gasteiger partial charge < -0.3 is 4.74 Å². The fourth-order valence-corrected chi connectivity index (χ4v) is 5.47. The lowest BCUT2D eigenvalue weighted by atomic mass is 9.81. The Morgan fingerprint density at radius 2 is 1.45 bits per heavy atom. The van der Waals surface area contributed by atoms with Crippen molar-refractivity contribution >= 4 is 0 Å². The number of benzene rings is 3. The van der Waals surface area contributed by atoms with Crippen LogP contribution >= 0.6 is 0 Å². The van der Waals surface area contributed by atoms with Crippen LogP contribution < -0.4 is 4.74 Å². The highest BCUT2D eigenvalue weighted by molar-refractivity contribution is 5.82. The van der Waals surface area contributed by atoms with Crippen molar-refractivity contribution in [3.05, 3.63) is 82.4 Å². The number of hydrogen-bond donors (Lipinski definition) is 0. The molecule has 160 valence electrons. The van der Waals surface area contributed by atoms with Gasteiger partial charge in [0.2, 0.25) is 0 Å². The normalized spacial score (nSPS) is 20.9. The molecule has 0 fully saturated rings. The SMILES string of the molecule is CC1Cc2cc3c(cc2C1C)-c1ccc(Oc2ccc(C(C)(C)C)cc2)cc1C3(C)C. The number of hydrogen-bond acceptors (Lipinski definition) is 1. The standard InChI is InChI=1S/C30H34O/c1-18-14-20-15-27-26(17-25(20)19(18)2)24-13-12-23(16-28(24)30(27,6)7)31-22-10-8-21(9-11-22)29(3,4)5/h8-13,15-19H,14H2,1-7H3. The number of ether oxygens (including phenoxy) is 1. The van der Waals surface area contributed by atoms with E-state index in [9.17, 15) is 0 Å². The van der Waals surface area contributed by atoms with Crippen molar-refractivity contribution < 1.29 is 4.74 Å². The van der Waals surface area contributed by atoms with E-state index in [4.69, 9.17) is 4.74 Å². The Hall–Kier alpha value is -2.54. The Labute approximate surface area is 187 Å². The lowest BCUT2D eigenvalue weighted by molar-refractivity contribution is 0.479. The predicted molar refractivity (Wildman–Crippen MR) is 131 cm³/mol. The molecule has 2 aliphatic carbocycles. The van der Waals surface area contributed by atoms with E-state index in [1.165, 1.54) is 34.2 Å². The molecule has 0 aliphatic heterocycles. The van der Waals surface area contributed by atoms with Gasteiger partial charge in [-0.25, -0.2) is 0 Å². The van der Waals surface area contributed by atoms with Crippen LogP contribution in [0.3, 0.4) is 0 Å². The van der Waals surface area contributed by atoms with E-state index >= 15 is 0 Å². The van der Waals surface area contributed by atoms with Crippen LogP contribution in [0.5, 0.6) is 11.5 Å². The van der Waals surface area contributed by atoms with E-state index in [0.29, 0.717) is 5.92 Å². The Kier molecular flexibility index (Phi) is 4.42. The summed E-state index contributed by atoms with van der Waals surface area (Å²) < 4.78 is 6.27. The van der Waals surface area contributed by atoms with Gasteiger partial charge in [-0.3, -0.25) is 0 Å². The van der Waals surface area contributed by atoms with Crippen molar-refractivity contribution in [2.75, 3.05) is 0 Å². The minimum Gasteiger partial charge on any atom is -0.457 e. The molecular formula is C30H34O. The maximum atomic E-state index is 6.27. The molecule has 2 aliphatic rings. The zero-order chi connectivity index (χ0) is 22.1. The second kappa shape index (κ2) is 6.73. The maximum absolute atomic E-state index is 6.27. The molecule has 1 nitrogen and oxygen atoms in total. The van der Waals surface area contributed by atoms with Crippen molar-refractivity contribution in [1.82, 2.24) is 0 Å². The van der Waals surface area contributed by atoms with Gasteiger partial charge in [0.1, 0.15) is 11.5 Å². The van der Waals surface area contributed by atoms with Crippen molar-refractivity contribution in [2.45, 2.75) is 71.6 Å². The predicted octanol–water partition coefficient (Wildman–Crippen LogP) is 8.38. The smallest absolute Gasteiger partial charge is 0.127 e. The van der Waals surface area contributed by atoms with Crippen molar-refractivity contribution in [2.24, 2.45) is 5.92 Å². The molecule has 0 saturated carbocycles. The minimum atomic E-state index is -0.00970. The molecule has 3 aromatic carbocycles. The van der Waals surface area contributed by atoms with Crippen molar-refractivity contribution in [3.63, 3.8) is 0 Å². The third kappa shape index (κ3) is 3.21. The third-order valence-corrected chi connectivity index (χ3v) is 7.75. The van der Waals surface area contributed by atoms with Crippen molar-refractivity contribution in [1.29, 1.82) is 0 Å². The summed E-state index contributed by atoms with van der Waals surface area (Å²) in [6.45, 7) is 16.2. The molecule has 0 radical (unpaired) electrons. The topological polar surface area (TPSA) is 9.23 Å². The van der Waals surface area contributed by atoms with Gasteiger partial charge in [-0.05, 0) is 86.9 Å². The van der Waals surface area contributed by atoms with E-state index in [1.807, 2.05) is 0 Å². The quantitative estimate of drug-likeness (QED) is 0.412. The van der Waals surface area contributed by atoms with Crippen molar-refractivity contribution in [3.8, 4) is 22.6 Å². The molecule has 2 unspecified atom stereocenters. The van der Waals surface area contributed by atoms with E-state index in [-0.39, 0.29) is 10.8 Å². The zero-order valence-corrected chi connectivity index (χ0v) is 20.0. The minimum absolute atomic E-state index is 0.00970. The van der Waals surface area contributed by atoms with Crippen LogP contribution in [0.15, 0.2) is 54.6 Å². The molecule has 0 heterocycles. The maximum Gasteiger partial charge on any atom is 0.127 e. The van der Waals surface area contributed by atoms with Gasteiger partial charge in [-0.15, -0.1) is 0 Å². The molecule has 0 aromatic heterocycles. The first kappa shape index (κ1) is 20.4. The van der Waals surface area contributed by atoms with Crippen LogP contribution in [0.1, 0.15) is 82.2 Å². The highest BCUT2D eigenvalue weighted by atomic mass is 16.5. The summed E-state index contributed by atoms with van der Waals surface area (Å²) >= 11 is 0. The first-order chi connectivity index (χ1) is 14.6. The molecule has 0 N–H and O–H groups in total. The molecule has 3 aromatic rings. The molecule has 1 heteroatoms. The summed E-state index contributed by atoms with van der Waals surface area (Å²) in [5.74, 6) is 3.19. The molecule has 0 saturated heterocycles. The van der Waals surface area contributed by atoms with Crippen LogP contribution in [0.25, 0.3) is 11.1 Å². The highest BCUT2D eigenvalue weighted by Gasteiger charge is 2.38. The summed E-state index contributed by atoms with van der Waals surface area (Å²) in [5.41, 5.74) is 10.2. The van der Waals surface area contributed by atoms with Gasteiger partial charge in [-0.1, -0.05) is 78.8 Å². The number of rotatable bonds is 2. The molecule has 31 heavy (non-hydrogen) atoms. The molecule has 0 spiro atoms. The Morgan fingerprint density at radius 3 is 2.13 bits per heavy atom. The van der Waals surface area contributed by atoms with Gasteiger partial charge in [0, 0.05) is 5.41 Å². The molecule has 5 rings (SSSR count). The van der Waals surface area contributed by atoms with Crippen LogP contribution in [0.4, 0.5) is 0 Å². The lowest BCUT2D eigenvalue weighted by Gasteiger charge is -2.23. The summed E-state index contributed by atoms with van der Waals surface area (Å²) in [4.78, 5) is 0. The Morgan fingerprint density at radius 1 is 0.806 bits per heavy atom. The fraction of sp³-hybridized carbons (Fsp3) is 0.400. The Balaban J connectivity index is 1.50. The molecule has 0 amide bonds. The van der Waals surface area contributed by atoms with Crippen LogP contribution in [0, 0.1) is 5.92 Å². The zero-order valence-electron chi connectivity index (χ0n) is 20.0. The fourth-order valence-electron chi connectivity index (χ4n) is 5.47. The summed E-state index contributed by atoms with van der Waals surface area (Å²) in [6, 6.07) is 20.1. The van der Waals surface area contributed by atoms with Crippen LogP contribution in [0.2, 0.25) is 0 Å². The van der Waals surface area contributed by atoms with E-state index in [1.54, 1.807) is 11.1 Å². The van der Waals surface area contributed by atoms with Crippen LogP contribution in [-0.4, -0.2) is 0 Å². The van der Waals surface area contributed by atoms with Gasteiger partial charge in [-0.2, -0.15) is 0 Å². The molecular weight excluding hydrogens is 376 g/mol. The summed E-state index contributed by atoms with van der Waals surface area (Å²) in [7, 11) is 0. The molecule has 2 atom stereocenters. The van der Waals surface area contributed by atoms with Gasteiger partial charge in [0.15, 0.2) is 0 Å². The highest BCUT2D eigenvalue weighted by Crippen LogP contribution is 2.52. The first-order valence-electron chi connectivity index (χ1n) is 11.7. The van der Waals surface area contributed by atoms with Crippen LogP contribution in [-0.2, 0) is 17.3 Å². The van der Waals surface area contributed by atoms with E-state index in [0.717, 1.165) is 17.4 Å². The van der Waals surface area contributed by atoms with Gasteiger partial charge in [0.25, 0.3) is 0 Å². The average Bonchev–Trinajstić information content (AvgIpc) is 3.11. The molecule has 0 bridgehead atoms. The lowest BCUT2D eigenvalue weighted by Crippen LogP contribution is -2.15. The third-order valence-electron chi connectivity index (χ3n) is 7.75. The number of fused-ring (bicyclic) bond motifs is 4. The average molecular weight is 411 g/mol. The monoisotopic (exact) mass is 410 g/mol. The van der Waals surface area contributed by atoms with Gasteiger partial charge >= 0.3 is 0 Å². The van der Waals surface area contributed by atoms with E-state index in [2.05, 4.69) is 103 Å². The first-order valence-corrected chi connectivity index (χ1v) is 11.7. The Bertz CT molecular complexity index is 1160.